The molecule has 0 amide bonds. The summed E-state index contributed by atoms with van der Waals surface area (Å²) in [4.78, 5) is 41.7. The quantitative estimate of drug-likeness (QED) is 0.470. The summed E-state index contributed by atoms with van der Waals surface area (Å²) in [5.74, 6) is -0.176. The second-order valence-corrected chi connectivity index (χ2v) is 2.91. The lowest BCUT2D eigenvalue weighted by molar-refractivity contribution is 0.0816. The fourth-order valence-corrected chi connectivity index (χ4v) is 0.952. The van der Waals surface area contributed by atoms with E-state index >= 15 is 0 Å². The summed E-state index contributed by atoms with van der Waals surface area (Å²) >= 11 is 0. The molecule has 10 heteroatoms. The van der Waals surface area contributed by atoms with Gasteiger partial charge in [-0.15, -0.1) is 0 Å². The van der Waals surface area contributed by atoms with Crippen LogP contribution in [-0.4, -0.2) is 34.8 Å². The van der Waals surface area contributed by atoms with Gasteiger partial charge >= 0.3 is 24.6 Å². The lowest BCUT2D eigenvalue weighted by Gasteiger charge is -2.04. The summed E-state index contributed by atoms with van der Waals surface area (Å²) in [5, 5.41) is 16.3. The van der Waals surface area contributed by atoms with E-state index in [1.165, 1.54) is 0 Å². The molecule has 0 atom stereocenters. The van der Waals surface area contributed by atoms with E-state index in [9.17, 15) is 19.2 Å². The van der Waals surface area contributed by atoms with Crippen LogP contribution in [0.1, 0.15) is 0 Å². The molecule has 20 heavy (non-hydrogen) atoms. The highest BCUT2D eigenvalue weighted by molar-refractivity contribution is 5.78. The summed E-state index contributed by atoms with van der Waals surface area (Å²) in [5.41, 5.74) is 0. The lowest BCUT2D eigenvalue weighted by Crippen LogP contribution is -2.15. The van der Waals surface area contributed by atoms with Gasteiger partial charge in [0.1, 0.15) is 11.5 Å². The average Bonchev–Trinajstić information content (AvgIpc) is 2.29. The lowest BCUT2D eigenvalue weighted by atomic mass is 10.3. The molecule has 106 valence electrons. The summed E-state index contributed by atoms with van der Waals surface area (Å²) < 4.78 is 16.2. The summed E-state index contributed by atoms with van der Waals surface area (Å²) in [6, 6.07) is 4.58. The van der Waals surface area contributed by atoms with Crippen molar-refractivity contribution in [3.8, 4) is 11.5 Å². The molecule has 0 aliphatic carbocycles. The van der Waals surface area contributed by atoms with Gasteiger partial charge in [-0.1, -0.05) is 0 Å². The van der Waals surface area contributed by atoms with Crippen LogP contribution >= 0.6 is 0 Å². The maximum absolute atomic E-state index is 10.8. The molecule has 1 rings (SSSR count). The van der Waals surface area contributed by atoms with Crippen LogP contribution in [0.4, 0.5) is 19.2 Å². The standard InChI is InChI=1S/C10H6O10/c11-7(12)19-9(15)17-5-1-2-6(4-3-5)18-10(16)20-8(13)14/h1-4H,(H,11,12)(H,13,14). The van der Waals surface area contributed by atoms with Gasteiger partial charge in [0.15, 0.2) is 0 Å². The van der Waals surface area contributed by atoms with Crippen molar-refractivity contribution in [2.24, 2.45) is 0 Å². The number of rotatable bonds is 2. The minimum atomic E-state index is -1.83. The Kier molecular flexibility index (Phi) is 4.86. The average molecular weight is 286 g/mol. The number of hydrogen-bond acceptors (Lipinski definition) is 8. The van der Waals surface area contributed by atoms with Gasteiger partial charge in [0, 0.05) is 0 Å². The van der Waals surface area contributed by atoms with Crippen molar-refractivity contribution in [1.82, 2.24) is 0 Å². The number of carboxylic acid groups (broad SMARTS) is 2. The van der Waals surface area contributed by atoms with Gasteiger partial charge in [-0.3, -0.25) is 0 Å². The van der Waals surface area contributed by atoms with Gasteiger partial charge in [-0.2, -0.15) is 0 Å². The normalized spacial score (nSPS) is 9.20. The molecule has 0 heterocycles. The van der Waals surface area contributed by atoms with Crippen molar-refractivity contribution in [2.45, 2.75) is 0 Å². The van der Waals surface area contributed by atoms with Gasteiger partial charge < -0.3 is 29.2 Å². The van der Waals surface area contributed by atoms with E-state index in [0.717, 1.165) is 24.3 Å². The van der Waals surface area contributed by atoms with Gasteiger partial charge in [0.2, 0.25) is 0 Å². The number of benzene rings is 1. The summed E-state index contributed by atoms with van der Waals surface area (Å²) in [7, 11) is 0. The molecule has 0 unspecified atom stereocenters. The van der Waals surface area contributed by atoms with Gasteiger partial charge in [0.25, 0.3) is 0 Å². The third-order valence-electron chi connectivity index (χ3n) is 1.57. The molecule has 0 aliphatic heterocycles. The topological polar surface area (TPSA) is 146 Å². The van der Waals surface area contributed by atoms with E-state index < -0.39 is 24.6 Å². The van der Waals surface area contributed by atoms with Gasteiger partial charge in [0.05, 0.1) is 0 Å². The number of carbonyl (C=O) groups excluding carboxylic acids is 2. The second kappa shape index (κ2) is 6.58. The molecule has 10 nitrogen and oxygen atoms in total. The van der Waals surface area contributed by atoms with Crippen molar-refractivity contribution in [3.05, 3.63) is 24.3 Å². The smallest absolute Gasteiger partial charge is 0.449 e. The van der Waals surface area contributed by atoms with Crippen molar-refractivity contribution in [1.29, 1.82) is 0 Å². The Bertz CT molecular complexity index is 482. The Balaban J connectivity index is 2.56. The predicted octanol–water partition coefficient (Wildman–Crippen LogP) is 2.07. The first-order chi connectivity index (χ1) is 9.36. The zero-order valence-electron chi connectivity index (χ0n) is 9.47. The highest BCUT2D eigenvalue weighted by Gasteiger charge is 2.13. The van der Waals surface area contributed by atoms with E-state index in [-0.39, 0.29) is 11.5 Å². The Labute approximate surface area is 110 Å². The van der Waals surface area contributed by atoms with Crippen molar-refractivity contribution >= 4 is 24.6 Å². The number of ether oxygens (including phenoxy) is 4. The molecule has 0 aromatic heterocycles. The fourth-order valence-electron chi connectivity index (χ4n) is 0.952. The van der Waals surface area contributed by atoms with E-state index in [0.29, 0.717) is 0 Å². The maximum atomic E-state index is 10.8. The van der Waals surface area contributed by atoms with Gasteiger partial charge in [-0.05, 0) is 24.3 Å². The molecule has 0 saturated carbocycles. The minimum Gasteiger partial charge on any atom is -0.449 e. The van der Waals surface area contributed by atoms with Crippen LogP contribution < -0.4 is 9.47 Å². The van der Waals surface area contributed by atoms with Crippen LogP contribution in [0.3, 0.4) is 0 Å². The highest BCUT2D eigenvalue weighted by atomic mass is 16.8. The zero-order chi connectivity index (χ0) is 15.1. The van der Waals surface area contributed by atoms with E-state index in [2.05, 4.69) is 18.9 Å². The molecular formula is C10H6O10. The van der Waals surface area contributed by atoms with Crippen molar-refractivity contribution in [3.63, 3.8) is 0 Å². The molecule has 0 bridgehead atoms. The third-order valence-corrected chi connectivity index (χ3v) is 1.57. The Hall–Kier alpha value is -3.30. The second-order valence-electron chi connectivity index (χ2n) is 2.91. The van der Waals surface area contributed by atoms with Crippen molar-refractivity contribution in [2.75, 3.05) is 0 Å². The van der Waals surface area contributed by atoms with Crippen LogP contribution in [0.15, 0.2) is 24.3 Å². The Morgan fingerprint density at radius 3 is 1.25 bits per heavy atom. The first-order valence-corrected chi connectivity index (χ1v) is 4.72. The predicted molar refractivity (Wildman–Crippen MR) is 56.7 cm³/mol. The van der Waals surface area contributed by atoms with Crippen LogP contribution in [0, 0.1) is 0 Å². The Morgan fingerprint density at radius 2 is 1.00 bits per heavy atom. The molecule has 1 aromatic rings. The molecule has 1 aromatic carbocycles. The van der Waals surface area contributed by atoms with E-state index in [4.69, 9.17) is 10.2 Å². The molecule has 0 fully saturated rings. The summed E-state index contributed by atoms with van der Waals surface area (Å²) in [6.45, 7) is 0. The van der Waals surface area contributed by atoms with Crippen LogP contribution in [-0.2, 0) is 9.47 Å². The molecule has 0 spiro atoms. The molecule has 0 radical (unpaired) electrons. The molecular weight excluding hydrogens is 280 g/mol. The number of carbonyl (C=O) groups is 4. The van der Waals surface area contributed by atoms with Gasteiger partial charge in [-0.25, -0.2) is 19.2 Å². The first kappa shape index (κ1) is 14.8. The molecule has 0 saturated heterocycles. The zero-order valence-corrected chi connectivity index (χ0v) is 9.47. The van der Waals surface area contributed by atoms with Crippen LogP contribution in [0.5, 0.6) is 11.5 Å². The monoisotopic (exact) mass is 286 g/mol. The summed E-state index contributed by atoms with van der Waals surface area (Å²) in [6.07, 6.45) is -6.58. The minimum absolute atomic E-state index is 0.0878. The van der Waals surface area contributed by atoms with Crippen LogP contribution in [0.25, 0.3) is 0 Å². The van der Waals surface area contributed by atoms with Crippen LogP contribution in [0.2, 0.25) is 0 Å². The van der Waals surface area contributed by atoms with E-state index in [1.807, 2.05) is 0 Å². The van der Waals surface area contributed by atoms with Crippen molar-refractivity contribution < 1.29 is 48.3 Å². The molecule has 2 N–H and O–H groups in total. The molecule has 0 aliphatic rings. The Morgan fingerprint density at radius 1 is 0.700 bits per heavy atom. The number of hydrogen-bond donors (Lipinski definition) is 2. The first-order valence-electron chi connectivity index (χ1n) is 4.72. The fraction of sp³-hybridized carbons (Fsp3) is 0. The SMILES string of the molecule is O=C(O)OC(=O)Oc1ccc(OC(=O)OC(=O)O)cc1. The maximum Gasteiger partial charge on any atom is 0.524 e. The highest BCUT2D eigenvalue weighted by Crippen LogP contribution is 2.18. The largest absolute Gasteiger partial charge is 0.524 e. The third kappa shape index (κ3) is 5.35. The van der Waals surface area contributed by atoms with E-state index in [1.54, 1.807) is 0 Å².